The van der Waals surface area contributed by atoms with Gasteiger partial charge in [-0.05, 0) is 43.5 Å². The monoisotopic (exact) mass is 395 g/mol. The van der Waals surface area contributed by atoms with Crippen LogP contribution in [0.3, 0.4) is 0 Å². The number of aromatic nitrogens is 2. The largest absolute Gasteiger partial charge is 0.390 e. The maximum atomic E-state index is 14.4. The lowest BCUT2D eigenvalue weighted by Gasteiger charge is -2.35. The Morgan fingerprint density at radius 1 is 1.21 bits per heavy atom. The molecule has 0 aliphatic carbocycles. The standard InChI is InChI=1S/C22H22FN3O3/c1-22(29)8-10-26(11-9-22)21(28)17-12-14(6-7-18(17)23)13-19-15-4-2-3-5-16(15)20(27)25-24-19/h2-7,12,29H,8-11,13H2,1H3,(H,25,27). The van der Waals surface area contributed by atoms with Crippen LogP contribution in [0.4, 0.5) is 4.39 Å². The molecule has 1 saturated heterocycles. The molecule has 2 aromatic carbocycles. The Balaban J connectivity index is 1.62. The first kappa shape index (κ1) is 19.3. The van der Waals surface area contributed by atoms with Gasteiger partial charge in [0.25, 0.3) is 11.5 Å². The SMILES string of the molecule is CC1(O)CCN(C(=O)c2cc(Cc3n[nH]c(=O)c4ccccc34)ccc2F)CC1. The molecule has 1 aliphatic heterocycles. The van der Waals surface area contributed by atoms with Crippen molar-refractivity contribution in [2.24, 2.45) is 0 Å². The van der Waals surface area contributed by atoms with Gasteiger partial charge in [0, 0.05) is 24.9 Å². The average Bonchev–Trinajstić information content (AvgIpc) is 2.71. The van der Waals surface area contributed by atoms with E-state index >= 15 is 0 Å². The number of hydrogen-bond acceptors (Lipinski definition) is 4. The number of halogens is 1. The number of benzene rings is 2. The number of fused-ring (bicyclic) bond motifs is 1. The van der Waals surface area contributed by atoms with Gasteiger partial charge in [0.2, 0.25) is 0 Å². The first-order valence-corrected chi connectivity index (χ1v) is 9.60. The zero-order valence-corrected chi connectivity index (χ0v) is 16.1. The number of nitrogens with zero attached hydrogens (tertiary/aromatic N) is 2. The van der Waals surface area contributed by atoms with Gasteiger partial charge in [-0.25, -0.2) is 9.49 Å². The number of carbonyl (C=O) groups is 1. The van der Waals surface area contributed by atoms with Gasteiger partial charge in [-0.2, -0.15) is 5.10 Å². The van der Waals surface area contributed by atoms with Gasteiger partial charge in [-0.3, -0.25) is 9.59 Å². The summed E-state index contributed by atoms with van der Waals surface area (Å²) in [5.74, 6) is -0.950. The van der Waals surface area contributed by atoms with Crippen LogP contribution in [-0.4, -0.2) is 44.8 Å². The number of likely N-dealkylation sites (tertiary alicyclic amines) is 1. The minimum Gasteiger partial charge on any atom is -0.390 e. The Morgan fingerprint density at radius 3 is 2.62 bits per heavy atom. The lowest BCUT2D eigenvalue weighted by atomic mass is 9.93. The predicted octanol–water partition coefficient (Wildman–Crippen LogP) is 2.64. The van der Waals surface area contributed by atoms with Gasteiger partial charge in [-0.1, -0.05) is 24.3 Å². The Labute approximate surface area is 167 Å². The second kappa shape index (κ2) is 7.40. The van der Waals surface area contributed by atoms with Crippen LogP contribution in [0.5, 0.6) is 0 Å². The molecule has 0 atom stereocenters. The molecule has 1 fully saturated rings. The zero-order valence-electron chi connectivity index (χ0n) is 16.1. The van der Waals surface area contributed by atoms with Crippen LogP contribution < -0.4 is 5.56 Å². The summed E-state index contributed by atoms with van der Waals surface area (Å²) < 4.78 is 14.4. The van der Waals surface area contributed by atoms with Gasteiger partial charge in [0.1, 0.15) is 5.82 Å². The number of hydrogen-bond donors (Lipinski definition) is 2. The number of rotatable bonds is 3. The molecule has 0 saturated carbocycles. The number of H-pyrrole nitrogens is 1. The number of piperidine rings is 1. The molecular weight excluding hydrogens is 373 g/mol. The maximum Gasteiger partial charge on any atom is 0.272 e. The molecule has 0 radical (unpaired) electrons. The van der Waals surface area contributed by atoms with Crippen molar-refractivity contribution in [3.63, 3.8) is 0 Å². The first-order valence-electron chi connectivity index (χ1n) is 9.60. The predicted molar refractivity (Wildman–Crippen MR) is 107 cm³/mol. The Hall–Kier alpha value is -3.06. The van der Waals surface area contributed by atoms with Crippen molar-refractivity contribution >= 4 is 16.7 Å². The third-order valence-corrected chi connectivity index (χ3v) is 5.54. The Kier molecular flexibility index (Phi) is 4.92. The number of aliphatic hydroxyl groups is 1. The fraction of sp³-hybridized carbons (Fsp3) is 0.318. The van der Waals surface area contributed by atoms with Gasteiger partial charge in [0.15, 0.2) is 0 Å². The van der Waals surface area contributed by atoms with E-state index in [2.05, 4.69) is 10.2 Å². The van der Waals surface area contributed by atoms with E-state index in [-0.39, 0.29) is 17.0 Å². The van der Waals surface area contributed by atoms with Gasteiger partial charge >= 0.3 is 0 Å². The number of carbonyl (C=O) groups excluding carboxylic acids is 1. The normalized spacial score (nSPS) is 16.2. The zero-order chi connectivity index (χ0) is 20.6. The molecule has 4 rings (SSSR count). The van der Waals surface area contributed by atoms with E-state index in [1.54, 1.807) is 36.1 Å². The summed E-state index contributed by atoms with van der Waals surface area (Å²) in [6.45, 7) is 2.53. The third-order valence-electron chi connectivity index (χ3n) is 5.54. The molecule has 2 heterocycles. The molecule has 7 heteroatoms. The first-order chi connectivity index (χ1) is 13.8. The average molecular weight is 395 g/mol. The highest BCUT2D eigenvalue weighted by Crippen LogP contribution is 2.24. The van der Waals surface area contributed by atoms with E-state index in [0.29, 0.717) is 43.4 Å². The molecule has 0 unspecified atom stereocenters. The Morgan fingerprint density at radius 2 is 1.90 bits per heavy atom. The fourth-order valence-corrected chi connectivity index (χ4v) is 3.71. The van der Waals surface area contributed by atoms with Gasteiger partial charge < -0.3 is 10.0 Å². The second-order valence-electron chi connectivity index (χ2n) is 7.83. The molecule has 2 N–H and O–H groups in total. The van der Waals surface area contributed by atoms with Crippen molar-refractivity contribution in [1.29, 1.82) is 0 Å². The van der Waals surface area contributed by atoms with E-state index < -0.39 is 11.4 Å². The maximum absolute atomic E-state index is 14.4. The molecule has 29 heavy (non-hydrogen) atoms. The van der Waals surface area contributed by atoms with Crippen LogP contribution >= 0.6 is 0 Å². The molecule has 3 aromatic rings. The van der Waals surface area contributed by atoms with Gasteiger partial charge in [0.05, 0.1) is 22.2 Å². The van der Waals surface area contributed by atoms with Gasteiger partial charge in [-0.15, -0.1) is 0 Å². The van der Waals surface area contributed by atoms with Crippen molar-refractivity contribution in [2.45, 2.75) is 31.8 Å². The van der Waals surface area contributed by atoms with Crippen LogP contribution in [0, 0.1) is 5.82 Å². The summed E-state index contributed by atoms with van der Waals surface area (Å²) in [7, 11) is 0. The van der Waals surface area contributed by atoms with Crippen LogP contribution in [0.25, 0.3) is 10.8 Å². The molecule has 6 nitrogen and oxygen atoms in total. The minimum absolute atomic E-state index is 0.0118. The number of nitrogens with one attached hydrogen (secondary N) is 1. The molecule has 1 aromatic heterocycles. The smallest absolute Gasteiger partial charge is 0.272 e. The summed E-state index contributed by atoms with van der Waals surface area (Å²) in [4.78, 5) is 26.4. The van der Waals surface area contributed by atoms with Crippen molar-refractivity contribution in [3.05, 3.63) is 75.5 Å². The molecule has 1 amide bonds. The lowest BCUT2D eigenvalue weighted by molar-refractivity contribution is -0.00214. The summed E-state index contributed by atoms with van der Waals surface area (Å²) in [5, 5.41) is 18.0. The van der Waals surface area contributed by atoms with E-state index in [9.17, 15) is 19.1 Å². The minimum atomic E-state index is -0.784. The quantitative estimate of drug-likeness (QED) is 0.714. The van der Waals surface area contributed by atoms with Crippen molar-refractivity contribution in [2.75, 3.05) is 13.1 Å². The number of amides is 1. The highest BCUT2D eigenvalue weighted by atomic mass is 19.1. The summed E-state index contributed by atoms with van der Waals surface area (Å²) in [6, 6.07) is 11.6. The lowest BCUT2D eigenvalue weighted by Crippen LogP contribution is -2.45. The van der Waals surface area contributed by atoms with E-state index in [4.69, 9.17) is 0 Å². The third kappa shape index (κ3) is 3.91. The number of aromatic amines is 1. The summed E-state index contributed by atoms with van der Waals surface area (Å²) >= 11 is 0. The molecule has 1 aliphatic rings. The summed E-state index contributed by atoms with van der Waals surface area (Å²) in [5.41, 5.74) is 0.342. The van der Waals surface area contributed by atoms with E-state index in [1.165, 1.54) is 6.07 Å². The van der Waals surface area contributed by atoms with E-state index in [0.717, 1.165) is 10.9 Å². The van der Waals surface area contributed by atoms with Crippen LogP contribution in [0.1, 0.15) is 41.4 Å². The van der Waals surface area contributed by atoms with Crippen LogP contribution in [-0.2, 0) is 6.42 Å². The Bertz CT molecular complexity index is 1130. The highest BCUT2D eigenvalue weighted by Gasteiger charge is 2.31. The van der Waals surface area contributed by atoms with Crippen molar-refractivity contribution in [3.8, 4) is 0 Å². The topological polar surface area (TPSA) is 86.3 Å². The molecule has 0 bridgehead atoms. The van der Waals surface area contributed by atoms with Crippen LogP contribution in [0.15, 0.2) is 47.3 Å². The van der Waals surface area contributed by atoms with Crippen molar-refractivity contribution < 1.29 is 14.3 Å². The fourth-order valence-electron chi connectivity index (χ4n) is 3.71. The van der Waals surface area contributed by atoms with E-state index in [1.807, 2.05) is 12.1 Å². The highest BCUT2D eigenvalue weighted by molar-refractivity contribution is 5.95. The second-order valence-corrected chi connectivity index (χ2v) is 7.83. The summed E-state index contributed by atoms with van der Waals surface area (Å²) in [6.07, 6.45) is 1.28. The van der Waals surface area contributed by atoms with Crippen molar-refractivity contribution in [1.82, 2.24) is 15.1 Å². The molecule has 150 valence electrons. The van der Waals surface area contributed by atoms with Crippen LogP contribution in [0.2, 0.25) is 0 Å². The molecule has 0 spiro atoms. The molecular formula is C22H22FN3O3.